The van der Waals surface area contributed by atoms with Crippen molar-refractivity contribution in [3.8, 4) is 5.75 Å². The quantitative estimate of drug-likeness (QED) is 0.713. The predicted molar refractivity (Wildman–Crippen MR) is 91.8 cm³/mol. The summed E-state index contributed by atoms with van der Waals surface area (Å²) in [5, 5.41) is 13.2. The maximum atomic E-state index is 9.45. The van der Waals surface area contributed by atoms with Crippen LogP contribution in [0.5, 0.6) is 5.75 Å². The van der Waals surface area contributed by atoms with Crippen molar-refractivity contribution in [3.05, 3.63) is 29.8 Å². The Labute approximate surface area is 131 Å². The van der Waals surface area contributed by atoms with Crippen LogP contribution in [0, 0.1) is 5.41 Å². The van der Waals surface area contributed by atoms with E-state index in [-0.39, 0.29) is 5.54 Å². The zero-order valence-electron chi connectivity index (χ0n) is 14.5. The first kappa shape index (κ1) is 18.0. The second kappa shape index (κ2) is 7.84. The number of hydrogen-bond donors (Lipinski definition) is 2. The Balaban J connectivity index is 2.85. The molecule has 0 fully saturated rings. The van der Waals surface area contributed by atoms with Crippen LogP contribution in [0.2, 0.25) is 0 Å². The summed E-state index contributed by atoms with van der Waals surface area (Å²) >= 11 is 0. The van der Waals surface area contributed by atoms with Gasteiger partial charge in [0.25, 0.3) is 0 Å². The molecule has 0 aliphatic heterocycles. The van der Waals surface area contributed by atoms with Crippen molar-refractivity contribution >= 4 is 0 Å². The summed E-state index contributed by atoms with van der Waals surface area (Å²) in [7, 11) is 0. The van der Waals surface area contributed by atoms with Crippen LogP contribution >= 0.6 is 0 Å². The van der Waals surface area contributed by atoms with Crippen molar-refractivity contribution in [2.75, 3.05) is 6.54 Å². The number of unbranched alkanes of at least 4 members (excludes halogenated alkanes) is 1. The number of nitrogens with one attached hydrogen (secondary N) is 1. The Kier molecular flexibility index (Phi) is 6.73. The summed E-state index contributed by atoms with van der Waals surface area (Å²) in [6.45, 7) is 12.3. The van der Waals surface area contributed by atoms with Gasteiger partial charge in [-0.3, -0.25) is 0 Å². The number of rotatable bonds is 8. The van der Waals surface area contributed by atoms with Crippen LogP contribution in [0.3, 0.4) is 0 Å². The summed E-state index contributed by atoms with van der Waals surface area (Å²) in [6, 6.07) is 7.71. The van der Waals surface area contributed by atoms with Gasteiger partial charge in [-0.15, -0.1) is 0 Å². The van der Waals surface area contributed by atoms with Gasteiger partial charge < -0.3 is 10.4 Å². The van der Waals surface area contributed by atoms with E-state index in [2.05, 4.69) is 52.1 Å². The van der Waals surface area contributed by atoms with Crippen molar-refractivity contribution in [2.24, 2.45) is 5.41 Å². The average Bonchev–Trinajstić information content (AvgIpc) is 2.43. The summed E-state index contributed by atoms with van der Waals surface area (Å²) in [6.07, 6.45) is 6.03. The van der Waals surface area contributed by atoms with Crippen LogP contribution in [0.4, 0.5) is 0 Å². The van der Waals surface area contributed by atoms with Gasteiger partial charge in [-0.1, -0.05) is 38.8 Å². The number of aromatic hydroxyl groups is 1. The molecule has 1 rings (SSSR count). The molecule has 21 heavy (non-hydrogen) atoms. The van der Waals surface area contributed by atoms with E-state index in [4.69, 9.17) is 0 Å². The molecule has 0 amide bonds. The van der Waals surface area contributed by atoms with Gasteiger partial charge in [0.15, 0.2) is 0 Å². The molecule has 1 unspecified atom stereocenters. The lowest BCUT2D eigenvalue weighted by atomic mass is 9.74. The Bertz CT molecular complexity index is 405. The second-order valence-corrected chi connectivity index (χ2v) is 7.40. The molecule has 0 aromatic heterocycles. The van der Waals surface area contributed by atoms with Crippen LogP contribution in [0.25, 0.3) is 0 Å². The molecule has 0 radical (unpaired) electrons. The van der Waals surface area contributed by atoms with E-state index in [0.717, 1.165) is 13.0 Å². The highest BCUT2D eigenvalue weighted by Gasteiger charge is 2.29. The highest BCUT2D eigenvalue weighted by Crippen LogP contribution is 2.33. The second-order valence-electron chi connectivity index (χ2n) is 7.40. The first-order valence-corrected chi connectivity index (χ1v) is 8.33. The molecule has 0 saturated heterocycles. The van der Waals surface area contributed by atoms with E-state index in [1.54, 1.807) is 12.1 Å². The molecule has 2 heteroatoms. The summed E-state index contributed by atoms with van der Waals surface area (Å²) in [5.41, 5.74) is 1.78. The molecule has 0 spiro atoms. The van der Waals surface area contributed by atoms with Gasteiger partial charge in [-0.2, -0.15) is 0 Å². The molecule has 1 aromatic rings. The third-order valence-electron chi connectivity index (χ3n) is 4.32. The minimum Gasteiger partial charge on any atom is -0.508 e. The van der Waals surface area contributed by atoms with Gasteiger partial charge in [0, 0.05) is 12.1 Å². The molecule has 0 heterocycles. The van der Waals surface area contributed by atoms with E-state index in [9.17, 15) is 5.11 Å². The summed E-state index contributed by atoms with van der Waals surface area (Å²) in [4.78, 5) is 0. The number of phenolic OH excluding ortho intramolecular Hbond substituents is 1. The average molecular weight is 291 g/mol. The van der Waals surface area contributed by atoms with Crippen molar-refractivity contribution < 1.29 is 5.11 Å². The molecule has 120 valence electrons. The lowest BCUT2D eigenvalue weighted by molar-refractivity contribution is 0.206. The minimum atomic E-state index is 0.154. The van der Waals surface area contributed by atoms with Gasteiger partial charge in [-0.25, -0.2) is 0 Å². The van der Waals surface area contributed by atoms with Crippen LogP contribution in [0.1, 0.15) is 65.9 Å². The van der Waals surface area contributed by atoms with E-state index in [1.165, 1.54) is 31.2 Å². The molecule has 0 saturated carbocycles. The third kappa shape index (κ3) is 6.52. The van der Waals surface area contributed by atoms with Crippen LogP contribution in [-0.2, 0) is 6.42 Å². The number of hydrogen-bond acceptors (Lipinski definition) is 2. The van der Waals surface area contributed by atoms with Crippen molar-refractivity contribution in [1.29, 1.82) is 0 Å². The third-order valence-corrected chi connectivity index (χ3v) is 4.32. The highest BCUT2D eigenvalue weighted by atomic mass is 16.3. The van der Waals surface area contributed by atoms with E-state index >= 15 is 0 Å². The Morgan fingerprint density at radius 1 is 1.05 bits per heavy atom. The fourth-order valence-electron chi connectivity index (χ4n) is 2.72. The first-order chi connectivity index (χ1) is 9.80. The SMILES string of the molecule is CCCCC(CC)(CNC(C)(C)C)Cc1ccc(O)cc1. The van der Waals surface area contributed by atoms with Crippen molar-refractivity contribution in [3.63, 3.8) is 0 Å². The topological polar surface area (TPSA) is 32.3 Å². The fourth-order valence-corrected chi connectivity index (χ4v) is 2.72. The Morgan fingerprint density at radius 2 is 1.67 bits per heavy atom. The van der Waals surface area contributed by atoms with E-state index < -0.39 is 0 Å². The monoisotopic (exact) mass is 291 g/mol. The lowest BCUT2D eigenvalue weighted by Crippen LogP contribution is -2.44. The van der Waals surface area contributed by atoms with Gasteiger partial charge in [0.1, 0.15) is 5.75 Å². The van der Waals surface area contributed by atoms with Gasteiger partial charge in [0.05, 0.1) is 0 Å². The Hall–Kier alpha value is -1.02. The largest absolute Gasteiger partial charge is 0.508 e. The first-order valence-electron chi connectivity index (χ1n) is 8.33. The highest BCUT2D eigenvalue weighted by molar-refractivity contribution is 5.26. The number of benzene rings is 1. The molecule has 1 atom stereocenters. The summed E-state index contributed by atoms with van der Waals surface area (Å²) in [5.74, 6) is 0.349. The smallest absolute Gasteiger partial charge is 0.115 e. The van der Waals surface area contributed by atoms with E-state index in [1.807, 2.05) is 0 Å². The molecule has 1 aromatic carbocycles. The van der Waals surface area contributed by atoms with Crippen LogP contribution in [0.15, 0.2) is 24.3 Å². The van der Waals surface area contributed by atoms with Gasteiger partial charge in [-0.05, 0) is 63.1 Å². The minimum absolute atomic E-state index is 0.154. The number of phenols is 1. The molecule has 0 bridgehead atoms. The van der Waals surface area contributed by atoms with Gasteiger partial charge >= 0.3 is 0 Å². The predicted octanol–water partition coefficient (Wildman–Crippen LogP) is 4.91. The maximum absolute atomic E-state index is 9.45. The molecular weight excluding hydrogens is 258 g/mol. The molecular formula is C19H33NO. The summed E-state index contributed by atoms with van der Waals surface area (Å²) < 4.78 is 0. The van der Waals surface area contributed by atoms with Gasteiger partial charge in [0.2, 0.25) is 0 Å². The zero-order valence-corrected chi connectivity index (χ0v) is 14.5. The lowest BCUT2D eigenvalue weighted by Gasteiger charge is -2.36. The fraction of sp³-hybridized carbons (Fsp3) is 0.684. The van der Waals surface area contributed by atoms with Crippen LogP contribution < -0.4 is 5.32 Å². The molecule has 2 nitrogen and oxygen atoms in total. The standard InChI is InChI=1S/C19H33NO/c1-6-8-13-19(7-2,15-20-18(3,4)5)14-16-9-11-17(21)12-10-16/h9-12,20-21H,6-8,13-15H2,1-5H3. The molecule has 0 aliphatic carbocycles. The van der Waals surface area contributed by atoms with E-state index in [0.29, 0.717) is 11.2 Å². The molecule has 0 aliphatic rings. The Morgan fingerprint density at radius 3 is 2.14 bits per heavy atom. The van der Waals surface area contributed by atoms with Crippen LogP contribution in [-0.4, -0.2) is 17.2 Å². The zero-order chi connectivity index (χ0) is 15.9. The maximum Gasteiger partial charge on any atom is 0.115 e. The normalized spacial score (nSPS) is 14.9. The van der Waals surface area contributed by atoms with Crippen molar-refractivity contribution in [2.45, 2.75) is 72.3 Å². The molecule has 2 N–H and O–H groups in total. The van der Waals surface area contributed by atoms with Crippen molar-refractivity contribution in [1.82, 2.24) is 5.32 Å².